The van der Waals surface area contributed by atoms with Crippen LogP contribution in [0.25, 0.3) is 0 Å². The van der Waals surface area contributed by atoms with Crippen molar-refractivity contribution in [2.75, 3.05) is 13.2 Å². The van der Waals surface area contributed by atoms with E-state index in [0.29, 0.717) is 19.3 Å². The summed E-state index contributed by atoms with van der Waals surface area (Å²) in [6, 6.07) is 0. The van der Waals surface area contributed by atoms with Crippen LogP contribution in [0.4, 0.5) is 0 Å². The van der Waals surface area contributed by atoms with Gasteiger partial charge in [0.05, 0.1) is 0 Å². The van der Waals surface area contributed by atoms with E-state index in [1.807, 2.05) is 0 Å². The zero-order chi connectivity index (χ0) is 43.1. The van der Waals surface area contributed by atoms with E-state index in [2.05, 4.69) is 27.7 Å². The molecule has 0 aliphatic heterocycles. The normalized spacial score (nSPS) is 11.9. The van der Waals surface area contributed by atoms with Crippen LogP contribution in [0.3, 0.4) is 0 Å². The van der Waals surface area contributed by atoms with Crippen LogP contribution < -0.4 is 0 Å². The highest BCUT2D eigenvalue weighted by Crippen LogP contribution is 2.17. The number of hydrogen-bond acceptors (Lipinski definition) is 6. The minimum Gasteiger partial charge on any atom is -0.462 e. The second-order valence-corrected chi connectivity index (χ2v) is 18.6. The minimum atomic E-state index is -0.760. The third-order valence-electron chi connectivity index (χ3n) is 12.0. The highest BCUT2D eigenvalue weighted by Gasteiger charge is 2.19. The van der Waals surface area contributed by atoms with Gasteiger partial charge in [0.1, 0.15) is 13.2 Å². The average Bonchev–Trinajstić information content (AvgIpc) is 3.22. The zero-order valence-corrected chi connectivity index (χ0v) is 40.2. The van der Waals surface area contributed by atoms with Crippen LogP contribution in [-0.4, -0.2) is 37.2 Å². The summed E-state index contributed by atoms with van der Waals surface area (Å²) in [4.78, 5) is 37.9. The summed E-state index contributed by atoms with van der Waals surface area (Å²) in [5.41, 5.74) is 0. The van der Waals surface area contributed by atoms with Gasteiger partial charge in [0.2, 0.25) is 0 Å². The highest BCUT2D eigenvalue weighted by molar-refractivity contribution is 5.71. The molecule has 0 saturated carbocycles. The van der Waals surface area contributed by atoms with E-state index in [4.69, 9.17) is 14.2 Å². The second kappa shape index (κ2) is 47.5. The number of hydrogen-bond donors (Lipinski definition) is 0. The molecule has 1 atom stereocenters. The Morgan fingerprint density at radius 2 is 0.559 bits per heavy atom. The van der Waals surface area contributed by atoms with Gasteiger partial charge in [-0.1, -0.05) is 259 Å². The van der Waals surface area contributed by atoms with E-state index in [0.717, 1.165) is 63.7 Å². The van der Waals surface area contributed by atoms with Crippen molar-refractivity contribution in [3.8, 4) is 0 Å². The molecule has 0 aromatic carbocycles. The van der Waals surface area contributed by atoms with Crippen molar-refractivity contribution in [2.24, 2.45) is 5.92 Å². The Kier molecular flexibility index (Phi) is 46.2. The van der Waals surface area contributed by atoms with E-state index in [-0.39, 0.29) is 31.1 Å². The Balaban J connectivity index is 4.30. The lowest BCUT2D eigenvalue weighted by molar-refractivity contribution is -0.167. The summed E-state index contributed by atoms with van der Waals surface area (Å²) in [5.74, 6) is -0.0179. The molecule has 0 saturated heterocycles. The molecule has 0 bridgehead atoms. The van der Waals surface area contributed by atoms with Crippen molar-refractivity contribution < 1.29 is 28.6 Å². The van der Waals surface area contributed by atoms with Crippen LogP contribution in [-0.2, 0) is 28.6 Å². The van der Waals surface area contributed by atoms with Crippen LogP contribution in [0.1, 0.15) is 297 Å². The molecule has 0 aromatic rings. The van der Waals surface area contributed by atoms with Gasteiger partial charge < -0.3 is 14.2 Å². The quantitative estimate of drug-likeness (QED) is 0.0345. The Labute approximate surface area is 368 Å². The maximum absolute atomic E-state index is 12.8. The summed E-state index contributed by atoms with van der Waals surface area (Å²) < 4.78 is 16.8. The monoisotopic (exact) mass is 835 g/mol. The second-order valence-electron chi connectivity index (χ2n) is 18.6. The molecule has 0 fully saturated rings. The Hall–Kier alpha value is -1.59. The predicted octanol–water partition coefficient (Wildman–Crippen LogP) is 17.1. The van der Waals surface area contributed by atoms with Crippen molar-refractivity contribution >= 4 is 17.9 Å². The number of unbranched alkanes of at least 4 members (excludes halogenated alkanes) is 35. The van der Waals surface area contributed by atoms with Gasteiger partial charge in [0.25, 0.3) is 0 Å². The first-order chi connectivity index (χ1) is 28.9. The molecule has 0 N–H and O–H groups in total. The number of carbonyl (C=O) groups excluding carboxylic acids is 3. The SMILES string of the molecule is CCCCCCCCCCCCCCCCCC(=O)OC[C@@H](COC(=O)CCCCCCCCCCCCCC)OC(=O)CCCCCCCCCCCCCC(C)C. The summed E-state index contributed by atoms with van der Waals surface area (Å²) in [6.07, 6.45) is 49.4. The summed E-state index contributed by atoms with van der Waals surface area (Å²) >= 11 is 0. The molecule has 6 nitrogen and oxygen atoms in total. The van der Waals surface area contributed by atoms with Crippen LogP contribution in [0.15, 0.2) is 0 Å². The molecule has 0 aliphatic carbocycles. The van der Waals surface area contributed by atoms with Gasteiger partial charge in [-0.15, -0.1) is 0 Å². The highest BCUT2D eigenvalue weighted by atomic mass is 16.6. The predicted molar refractivity (Wildman–Crippen MR) is 252 cm³/mol. The largest absolute Gasteiger partial charge is 0.462 e. The van der Waals surface area contributed by atoms with Crippen LogP contribution >= 0.6 is 0 Å². The molecule has 0 rings (SSSR count). The molecule has 59 heavy (non-hydrogen) atoms. The van der Waals surface area contributed by atoms with E-state index >= 15 is 0 Å². The number of ether oxygens (including phenoxy) is 3. The molecule has 0 amide bonds. The van der Waals surface area contributed by atoms with Gasteiger partial charge in [-0.2, -0.15) is 0 Å². The standard InChI is InChI=1S/C53H102O6/c1-5-7-9-11-13-15-17-19-20-21-25-29-33-37-41-45-52(55)58-48-50(47-57-51(54)44-40-36-32-28-24-18-16-14-12-10-8-6-2)59-53(56)46-42-38-34-30-26-22-23-27-31-35-39-43-49(3)4/h49-50H,5-48H2,1-4H3/t50-/m1/s1. The lowest BCUT2D eigenvalue weighted by Crippen LogP contribution is -2.30. The van der Waals surface area contributed by atoms with E-state index in [1.54, 1.807) is 0 Å². The first-order valence-electron chi connectivity index (χ1n) is 26.4. The van der Waals surface area contributed by atoms with Crippen LogP contribution in [0.5, 0.6) is 0 Å². The molecule has 0 unspecified atom stereocenters. The summed E-state index contributed by atoms with van der Waals surface area (Å²) in [5, 5.41) is 0. The Bertz CT molecular complexity index is 887. The summed E-state index contributed by atoms with van der Waals surface area (Å²) in [7, 11) is 0. The number of rotatable bonds is 48. The van der Waals surface area contributed by atoms with Crippen molar-refractivity contribution in [3.63, 3.8) is 0 Å². The first-order valence-corrected chi connectivity index (χ1v) is 26.4. The fourth-order valence-electron chi connectivity index (χ4n) is 8.04. The first kappa shape index (κ1) is 57.4. The zero-order valence-electron chi connectivity index (χ0n) is 40.2. The molecule has 6 heteroatoms. The van der Waals surface area contributed by atoms with Crippen molar-refractivity contribution in [1.82, 2.24) is 0 Å². The Morgan fingerprint density at radius 1 is 0.322 bits per heavy atom. The third kappa shape index (κ3) is 47.3. The minimum absolute atomic E-state index is 0.0626. The summed E-state index contributed by atoms with van der Waals surface area (Å²) in [6.45, 7) is 9.03. The van der Waals surface area contributed by atoms with Gasteiger partial charge >= 0.3 is 17.9 Å². The molecule has 0 radical (unpaired) electrons. The maximum atomic E-state index is 12.8. The molecule has 0 spiro atoms. The van der Waals surface area contributed by atoms with Gasteiger partial charge in [-0.3, -0.25) is 14.4 Å². The third-order valence-corrected chi connectivity index (χ3v) is 12.0. The van der Waals surface area contributed by atoms with Gasteiger partial charge in [0, 0.05) is 19.3 Å². The maximum Gasteiger partial charge on any atom is 0.306 e. The van der Waals surface area contributed by atoms with Crippen molar-refractivity contribution in [1.29, 1.82) is 0 Å². The molecule has 0 aliphatic rings. The fraction of sp³-hybridized carbons (Fsp3) is 0.943. The number of esters is 3. The van der Waals surface area contributed by atoms with Gasteiger partial charge in [-0.25, -0.2) is 0 Å². The van der Waals surface area contributed by atoms with E-state index in [1.165, 1.54) is 193 Å². The molecule has 350 valence electrons. The van der Waals surface area contributed by atoms with Crippen molar-refractivity contribution in [2.45, 2.75) is 303 Å². The number of carbonyl (C=O) groups is 3. The average molecular weight is 835 g/mol. The topological polar surface area (TPSA) is 78.9 Å². The fourth-order valence-corrected chi connectivity index (χ4v) is 8.04. The smallest absolute Gasteiger partial charge is 0.306 e. The Morgan fingerprint density at radius 3 is 0.831 bits per heavy atom. The molecule has 0 aromatic heterocycles. The lowest BCUT2D eigenvalue weighted by Gasteiger charge is -2.18. The lowest BCUT2D eigenvalue weighted by atomic mass is 10.0. The van der Waals surface area contributed by atoms with Gasteiger partial charge in [-0.05, 0) is 25.2 Å². The van der Waals surface area contributed by atoms with Gasteiger partial charge in [0.15, 0.2) is 6.10 Å². The molecular formula is C53H102O6. The van der Waals surface area contributed by atoms with E-state index in [9.17, 15) is 14.4 Å². The van der Waals surface area contributed by atoms with Crippen LogP contribution in [0.2, 0.25) is 0 Å². The van der Waals surface area contributed by atoms with E-state index < -0.39 is 6.10 Å². The molecule has 0 heterocycles. The molecular weight excluding hydrogens is 733 g/mol. The van der Waals surface area contributed by atoms with Crippen LogP contribution in [0, 0.1) is 5.92 Å². The van der Waals surface area contributed by atoms with Crippen molar-refractivity contribution in [3.05, 3.63) is 0 Å².